The third-order valence-corrected chi connectivity index (χ3v) is 5.79. The number of methoxy groups -OCH3 is 3. The molecule has 4 N–H and O–H groups in total. The first-order valence-electron chi connectivity index (χ1n) is 11.0. The molecule has 0 aliphatic heterocycles. The summed E-state index contributed by atoms with van der Waals surface area (Å²) < 4.78 is 21.8. The first-order valence-corrected chi connectivity index (χ1v) is 11.0. The molecule has 0 radical (unpaired) electrons. The van der Waals surface area contributed by atoms with Crippen molar-refractivity contribution in [3.63, 3.8) is 0 Å². The zero-order valence-corrected chi connectivity index (χ0v) is 20.1. The minimum Gasteiger partial charge on any atom is -0.495 e. The number of hydrogen-bond acceptors (Lipinski definition) is 6. The Kier molecular flexibility index (Phi) is 7.03. The molecule has 1 amide bonds. The van der Waals surface area contributed by atoms with Crippen LogP contribution in [0.1, 0.15) is 17.2 Å². The van der Waals surface area contributed by atoms with Crippen LogP contribution >= 0.6 is 0 Å². The summed E-state index contributed by atoms with van der Waals surface area (Å²) in [6, 6.07) is 18.2. The first-order chi connectivity index (χ1) is 17.0. The molecule has 0 fully saturated rings. The minimum absolute atomic E-state index is 0.243. The Balaban J connectivity index is 1.69. The lowest BCUT2D eigenvalue weighted by atomic mass is 9.99. The number of amides is 1. The van der Waals surface area contributed by atoms with Crippen LogP contribution in [0.5, 0.6) is 17.2 Å². The standard InChI is InChI=1S/C27H27N3O5/c1-16-12-19(14-23(33-3)26(16)34-4)25-20(15-35-30-25)18-10-11-22(32-2)21(13-18)29-27(31)24(28)17-8-6-5-7-9-17/h5-15,24H,28H2,1-4H3,(H,29,31)/p+1. The molecule has 180 valence electrons. The van der Waals surface area contributed by atoms with Gasteiger partial charge in [0.15, 0.2) is 17.5 Å². The normalized spacial score (nSPS) is 11.6. The number of benzene rings is 3. The molecule has 8 heteroatoms. The molecule has 3 aromatic carbocycles. The van der Waals surface area contributed by atoms with Crippen molar-refractivity contribution in [2.24, 2.45) is 0 Å². The summed E-state index contributed by atoms with van der Waals surface area (Å²) in [6.45, 7) is 1.94. The number of nitrogens with zero attached hydrogens (tertiary/aromatic N) is 1. The number of nitrogens with one attached hydrogen (secondary N) is 1. The van der Waals surface area contributed by atoms with E-state index in [2.05, 4.69) is 16.2 Å². The van der Waals surface area contributed by atoms with Gasteiger partial charge in [-0.05, 0) is 42.3 Å². The van der Waals surface area contributed by atoms with Gasteiger partial charge in [0.2, 0.25) is 0 Å². The maximum atomic E-state index is 12.9. The Hall–Kier alpha value is -4.30. The topological polar surface area (TPSA) is 110 Å². The molecule has 4 rings (SSSR count). The van der Waals surface area contributed by atoms with Crippen molar-refractivity contribution in [2.75, 3.05) is 26.6 Å². The zero-order chi connectivity index (χ0) is 24.9. The Morgan fingerprint density at radius 2 is 1.69 bits per heavy atom. The minimum atomic E-state index is -0.578. The van der Waals surface area contributed by atoms with Gasteiger partial charge in [-0.25, -0.2) is 0 Å². The molecule has 35 heavy (non-hydrogen) atoms. The van der Waals surface area contributed by atoms with Crippen LogP contribution in [0.4, 0.5) is 5.69 Å². The van der Waals surface area contributed by atoms with Crippen molar-refractivity contribution in [2.45, 2.75) is 13.0 Å². The van der Waals surface area contributed by atoms with Gasteiger partial charge in [0.25, 0.3) is 5.91 Å². The number of aromatic nitrogens is 1. The van der Waals surface area contributed by atoms with Crippen molar-refractivity contribution < 1.29 is 29.3 Å². The molecular formula is C27H28N3O5+. The summed E-state index contributed by atoms with van der Waals surface area (Å²) >= 11 is 0. The molecular weight excluding hydrogens is 446 g/mol. The number of ether oxygens (including phenoxy) is 3. The Labute approximate surface area is 203 Å². The lowest BCUT2D eigenvalue weighted by Crippen LogP contribution is -2.58. The van der Waals surface area contributed by atoms with Crippen molar-refractivity contribution in [1.29, 1.82) is 0 Å². The predicted octanol–water partition coefficient (Wildman–Crippen LogP) is 4.26. The van der Waals surface area contributed by atoms with E-state index in [-0.39, 0.29) is 5.91 Å². The third-order valence-electron chi connectivity index (χ3n) is 5.79. The van der Waals surface area contributed by atoms with Gasteiger partial charge in [-0.2, -0.15) is 0 Å². The lowest BCUT2D eigenvalue weighted by molar-refractivity contribution is -0.408. The Morgan fingerprint density at radius 3 is 2.37 bits per heavy atom. The molecule has 1 atom stereocenters. The summed E-state index contributed by atoms with van der Waals surface area (Å²) in [5.41, 5.74) is 9.27. The molecule has 1 heterocycles. The molecule has 0 bridgehead atoms. The van der Waals surface area contributed by atoms with E-state index in [1.54, 1.807) is 33.7 Å². The molecule has 8 nitrogen and oxygen atoms in total. The van der Waals surface area contributed by atoms with Crippen LogP contribution in [0.25, 0.3) is 22.4 Å². The Morgan fingerprint density at radius 1 is 0.943 bits per heavy atom. The summed E-state index contributed by atoms with van der Waals surface area (Å²) in [5, 5.41) is 7.19. The second-order valence-electron chi connectivity index (χ2n) is 7.97. The van der Waals surface area contributed by atoms with E-state index in [1.807, 2.05) is 61.5 Å². The smallest absolute Gasteiger partial charge is 0.287 e. The molecule has 1 unspecified atom stereocenters. The van der Waals surface area contributed by atoms with Crippen LogP contribution < -0.4 is 25.3 Å². The Bertz CT molecular complexity index is 1330. The summed E-state index contributed by atoms with van der Waals surface area (Å²) in [5.74, 6) is 1.55. The van der Waals surface area contributed by atoms with Gasteiger partial charge in [-0.1, -0.05) is 41.6 Å². The SMILES string of the molecule is COc1ccc(-c2conc2-c2cc(C)c(OC)c(OC)c2)cc1NC(=O)C([NH3+])c1ccccc1. The summed E-state index contributed by atoms with van der Waals surface area (Å²) in [6.07, 6.45) is 1.57. The van der Waals surface area contributed by atoms with Crippen LogP contribution in [-0.4, -0.2) is 32.4 Å². The van der Waals surface area contributed by atoms with Crippen molar-refractivity contribution in [3.05, 3.63) is 78.1 Å². The molecule has 0 aliphatic carbocycles. The van der Waals surface area contributed by atoms with Gasteiger partial charge < -0.3 is 29.8 Å². The second-order valence-corrected chi connectivity index (χ2v) is 7.97. The van der Waals surface area contributed by atoms with Gasteiger partial charge >= 0.3 is 0 Å². The quantitative estimate of drug-likeness (QED) is 0.395. The van der Waals surface area contributed by atoms with E-state index in [1.165, 1.54) is 0 Å². The van der Waals surface area contributed by atoms with Gasteiger partial charge in [-0.3, -0.25) is 4.79 Å². The molecule has 1 aromatic heterocycles. The average molecular weight is 475 g/mol. The zero-order valence-electron chi connectivity index (χ0n) is 20.1. The van der Waals surface area contributed by atoms with E-state index in [0.717, 1.165) is 27.8 Å². The third kappa shape index (κ3) is 4.83. The van der Waals surface area contributed by atoms with Gasteiger partial charge in [0, 0.05) is 16.7 Å². The maximum Gasteiger partial charge on any atom is 0.287 e. The van der Waals surface area contributed by atoms with Crippen molar-refractivity contribution in [1.82, 2.24) is 5.16 Å². The highest BCUT2D eigenvalue weighted by atomic mass is 16.5. The maximum absolute atomic E-state index is 12.9. The molecule has 0 saturated carbocycles. The highest BCUT2D eigenvalue weighted by molar-refractivity contribution is 5.97. The van der Waals surface area contributed by atoms with Gasteiger partial charge in [0.05, 0.1) is 27.0 Å². The number of rotatable bonds is 8. The summed E-state index contributed by atoms with van der Waals surface area (Å²) in [4.78, 5) is 12.9. The second kappa shape index (κ2) is 10.3. The number of hydrogen-bond donors (Lipinski definition) is 2. The van der Waals surface area contributed by atoms with Crippen LogP contribution in [0.3, 0.4) is 0 Å². The number of carbonyl (C=O) groups excluding carboxylic acids is 1. The van der Waals surface area contributed by atoms with Crippen LogP contribution in [-0.2, 0) is 4.79 Å². The van der Waals surface area contributed by atoms with Crippen molar-refractivity contribution in [3.8, 4) is 39.6 Å². The molecule has 4 aromatic rings. The number of aryl methyl sites for hydroxylation is 1. The first kappa shape index (κ1) is 23.8. The van der Waals surface area contributed by atoms with E-state index >= 15 is 0 Å². The van der Waals surface area contributed by atoms with E-state index in [9.17, 15) is 4.79 Å². The van der Waals surface area contributed by atoms with Crippen molar-refractivity contribution >= 4 is 11.6 Å². The molecule has 0 aliphatic rings. The molecule has 0 spiro atoms. The fourth-order valence-electron chi connectivity index (χ4n) is 3.97. The fraction of sp³-hybridized carbons (Fsp3) is 0.185. The van der Waals surface area contributed by atoms with E-state index < -0.39 is 6.04 Å². The summed E-state index contributed by atoms with van der Waals surface area (Å²) in [7, 11) is 4.75. The van der Waals surface area contributed by atoms with E-state index in [4.69, 9.17) is 18.7 Å². The van der Waals surface area contributed by atoms with Gasteiger partial charge in [0.1, 0.15) is 17.7 Å². The lowest BCUT2D eigenvalue weighted by Gasteiger charge is -2.15. The average Bonchev–Trinajstić information content (AvgIpc) is 3.38. The van der Waals surface area contributed by atoms with Crippen LogP contribution in [0.2, 0.25) is 0 Å². The number of anilines is 1. The molecule has 0 saturated heterocycles. The monoisotopic (exact) mass is 474 g/mol. The highest BCUT2D eigenvalue weighted by Gasteiger charge is 2.22. The largest absolute Gasteiger partial charge is 0.495 e. The number of carbonyl (C=O) groups is 1. The van der Waals surface area contributed by atoms with Gasteiger partial charge in [-0.15, -0.1) is 0 Å². The van der Waals surface area contributed by atoms with Crippen LogP contribution in [0.15, 0.2) is 71.4 Å². The predicted molar refractivity (Wildman–Crippen MR) is 132 cm³/mol. The fourth-order valence-corrected chi connectivity index (χ4v) is 3.97. The number of quaternary nitrogens is 1. The van der Waals surface area contributed by atoms with Crippen LogP contribution in [0, 0.1) is 6.92 Å². The van der Waals surface area contributed by atoms with E-state index in [0.29, 0.717) is 28.6 Å². The highest BCUT2D eigenvalue weighted by Crippen LogP contribution is 2.40.